The van der Waals surface area contributed by atoms with Gasteiger partial charge in [0, 0.05) is 10.2 Å². The minimum Gasteiger partial charge on any atom is -0.373 e. The highest BCUT2D eigenvalue weighted by atomic mass is 79.9. The number of hydrogen-bond acceptors (Lipinski definition) is 2. The third kappa shape index (κ3) is 3.02. The number of benzene rings is 1. The molecule has 0 aliphatic rings. The monoisotopic (exact) mass is 325 g/mol. The van der Waals surface area contributed by atoms with Crippen molar-refractivity contribution in [3.8, 4) is 0 Å². The molecule has 0 saturated carbocycles. The molecule has 0 spiro atoms. The molecule has 0 unspecified atom stereocenters. The molecule has 1 aromatic carbocycles. The van der Waals surface area contributed by atoms with E-state index in [-0.39, 0.29) is 5.69 Å². The summed E-state index contributed by atoms with van der Waals surface area (Å²) in [5.74, 6) is -1.51. The summed E-state index contributed by atoms with van der Waals surface area (Å²) in [5.41, 5.74) is -2.63. The van der Waals surface area contributed by atoms with Crippen LogP contribution in [0.2, 0.25) is 0 Å². The van der Waals surface area contributed by atoms with Crippen LogP contribution < -0.4 is 5.32 Å². The quantitative estimate of drug-likeness (QED) is 0.878. The van der Waals surface area contributed by atoms with Crippen molar-refractivity contribution < 1.29 is 23.1 Å². The molecule has 0 bridgehead atoms. The van der Waals surface area contributed by atoms with E-state index in [0.717, 1.165) is 4.47 Å². The second-order valence-electron chi connectivity index (χ2n) is 3.98. The van der Waals surface area contributed by atoms with Crippen molar-refractivity contribution >= 4 is 27.5 Å². The van der Waals surface area contributed by atoms with Crippen LogP contribution in [0.3, 0.4) is 0 Å². The van der Waals surface area contributed by atoms with Crippen LogP contribution in [0.1, 0.15) is 12.5 Å². The van der Waals surface area contributed by atoms with Crippen molar-refractivity contribution in [2.45, 2.75) is 25.6 Å². The predicted molar refractivity (Wildman–Crippen MR) is 64.2 cm³/mol. The van der Waals surface area contributed by atoms with Crippen LogP contribution in [0.4, 0.5) is 18.9 Å². The Kier molecular flexibility index (Phi) is 4.07. The van der Waals surface area contributed by atoms with Crippen LogP contribution in [0.25, 0.3) is 0 Å². The first-order valence-corrected chi connectivity index (χ1v) is 5.71. The fourth-order valence-corrected chi connectivity index (χ4v) is 1.62. The van der Waals surface area contributed by atoms with Gasteiger partial charge in [-0.05, 0) is 37.6 Å². The van der Waals surface area contributed by atoms with E-state index in [2.05, 4.69) is 21.2 Å². The Morgan fingerprint density at radius 2 is 1.94 bits per heavy atom. The Morgan fingerprint density at radius 1 is 1.39 bits per heavy atom. The van der Waals surface area contributed by atoms with Gasteiger partial charge in [0.05, 0.1) is 0 Å². The summed E-state index contributed by atoms with van der Waals surface area (Å²) < 4.78 is 38.0. The number of alkyl halides is 3. The second kappa shape index (κ2) is 4.89. The Hall–Kier alpha value is -1.08. The van der Waals surface area contributed by atoms with Crippen molar-refractivity contribution in [2.75, 3.05) is 5.32 Å². The molecule has 0 heterocycles. The van der Waals surface area contributed by atoms with Gasteiger partial charge in [0.2, 0.25) is 5.60 Å². The van der Waals surface area contributed by atoms with Crippen molar-refractivity contribution in [3.63, 3.8) is 0 Å². The molecule has 1 amide bonds. The Bertz CT molecular complexity index is 472. The molecule has 0 fully saturated rings. The summed E-state index contributed by atoms with van der Waals surface area (Å²) in [7, 11) is 0. The maximum absolute atomic E-state index is 12.4. The van der Waals surface area contributed by atoms with Crippen LogP contribution >= 0.6 is 15.9 Å². The van der Waals surface area contributed by atoms with Gasteiger partial charge in [0.1, 0.15) is 0 Å². The van der Waals surface area contributed by atoms with E-state index in [9.17, 15) is 23.1 Å². The maximum Gasteiger partial charge on any atom is 0.426 e. The Labute approximate surface area is 110 Å². The zero-order valence-electron chi connectivity index (χ0n) is 9.60. The summed E-state index contributed by atoms with van der Waals surface area (Å²) in [6.07, 6.45) is -5.03. The molecule has 1 aromatic rings. The third-order valence-corrected chi connectivity index (χ3v) is 2.92. The molecule has 3 nitrogen and oxygen atoms in total. The molecule has 1 atom stereocenters. The summed E-state index contributed by atoms with van der Waals surface area (Å²) in [4.78, 5) is 11.4. The summed E-state index contributed by atoms with van der Waals surface area (Å²) in [5, 5.41) is 11.2. The third-order valence-electron chi connectivity index (χ3n) is 2.43. The van der Waals surface area contributed by atoms with Gasteiger partial charge in [-0.3, -0.25) is 4.79 Å². The van der Waals surface area contributed by atoms with E-state index in [1.807, 2.05) is 0 Å². The number of hydrogen-bond donors (Lipinski definition) is 2. The molecule has 0 saturated heterocycles. The van der Waals surface area contributed by atoms with Gasteiger partial charge in [-0.2, -0.15) is 13.2 Å². The predicted octanol–water partition coefficient (Wildman–Crippen LogP) is 3.01. The number of rotatable bonds is 2. The zero-order chi connectivity index (χ0) is 14.1. The summed E-state index contributed by atoms with van der Waals surface area (Å²) in [6, 6.07) is 4.66. The number of carbonyl (C=O) groups excluding carboxylic acids is 1. The van der Waals surface area contributed by atoms with Gasteiger partial charge >= 0.3 is 6.18 Å². The highest BCUT2D eigenvalue weighted by Crippen LogP contribution is 2.31. The summed E-state index contributed by atoms with van der Waals surface area (Å²) in [6.45, 7) is 2.04. The fraction of sp³-hybridized carbons (Fsp3) is 0.364. The average molecular weight is 326 g/mol. The minimum atomic E-state index is -5.03. The van der Waals surface area contributed by atoms with Crippen molar-refractivity contribution in [1.29, 1.82) is 0 Å². The molecule has 7 heteroatoms. The lowest BCUT2D eigenvalue weighted by atomic mass is 10.1. The Balaban J connectivity index is 2.95. The van der Waals surface area contributed by atoms with Crippen molar-refractivity contribution in [1.82, 2.24) is 0 Å². The summed E-state index contributed by atoms with van der Waals surface area (Å²) >= 11 is 3.19. The SMILES string of the molecule is Cc1cc(Br)ccc1NC(=O)[C@@](C)(O)C(F)(F)F. The number of carbonyl (C=O) groups is 1. The van der Waals surface area contributed by atoms with E-state index in [1.54, 1.807) is 19.1 Å². The molecule has 0 aliphatic carbocycles. The zero-order valence-corrected chi connectivity index (χ0v) is 11.2. The van der Waals surface area contributed by atoms with Gasteiger partial charge < -0.3 is 10.4 Å². The first-order valence-electron chi connectivity index (χ1n) is 4.92. The van der Waals surface area contributed by atoms with Crippen LogP contribution in [-0.4, -0.2) is 22.8 Å². The normalized spacial score (nSPS) is 15.1. The number of aliphatic hydroxyl groups is 1. The molecule has 0 aliphatic heterocycles. The van der Waals surface area contributed by atoms with Gasteiger partial charge in [-0.1, -0.05) is 15.9 Å². The number of anilines is 1. The van der Waals surface area contributed by atoms with E-state index in [4.69, 9.17) is 0 Å². The molecule has 100 valence electrons. The van der Waals surface area contributed by atoms with Crippen LogP contribution in [0, 0.1) is 6.92 Å². The lowest BCUT2D eigenvalue weighted by molar-refractivity contribution is -0.242. The lowest BCUT2D eigenvalue weighted by Gasteiger charge is -2.25. The molecule has 1 rings (SSSR count). The van der Waals surface area contributed by atoms with Crippen molar-refractivity contribution in [2.24, 2.45) is 0 Å². The largest absolute Gasteiger partial charge is 0.426 e. The van der Waals surface area contributed by atoms with E-state index in [1.165, 1.54) is 6.07 Å². The number of amides is 1. The second-order valence-corrected chi connectivity index (χ2v) is 4.90. The standard InChI is InChI=1S/C11H11BrF3NO2/c1-6-5-7(12)3-4-8(6)16-9(17)10(2,18)11(13,14)15/h3-5,18H,1-2H3,(H,16,17)/t10-/m1/s1. The highest BCUT2D eigenvalue weighted by molar-refractivity contribution is 9.10. The van der Waals surface area contributed by atoms with E-state index < -0.39 is 17.7 Å². The Morgan fingerprint density at radius 3 is 2.39 bits per heavy atom. The number of nitrogens with one attached hydrogen (secondary N) is 1. The van der Waals surface area contributed by atoms with Crippen LogP contribution in [0.5, 0.6) is 0 Å². The highest BCUT2D eigenvalue weighted by Gasteiger charge is 2.55. The number of halogens is 4. The first kappa shape index (κ1) is 15.0. The number of aryl methyl sites for hydroxylation is 1. The van der Waals surface area contributed by atoms with Crippen LogP contribution in [-0.2, 0) is 4.79 Å². The molecule has 0 aromatic heterocycles. The van der Waals surface area contributed by atoms with Crippen LogP contribution in [0.15, 0.2) is 22.7 Å². The van der Waals surface area contributed by atoms with E-state index >= 15 is 0 Å². The molecular formula is C11H11BrF3NO2. The average Bonchev–Trinajstić information content (AvgIpc) is 2.20. The molecule has 2 N–H and O–H groups in total. The molecular weight excluding hydrogens is 315 g/mol. The topological polar surface area (TPSA) is 49.3 Å². The fourth-order valence-electron chi connectivity index (χ4n) is 1.14. The van der Waals surface area contributed by atoms with Gasteiger partial charge in [-0.15, -0.1) is 0 Å². The smallest absolute Gasteiger partial charge is 0.373 e. The minimum absolute atomic E-state index is 0.215. The van der Waals surface area contributed by atoms with Gasteiger partial charge in [0.25, 0.3) is 5.91 Å². The molecule has 18 heavy (non-hydrogen) atoms. The maximum atomic E-state index is 12.4. The van der Waals surface area contributed by atoms with Gasteiger partial charge in [0.15, 0.2) is 0 Å². The molecule has 0 radical (unpaired) electrons. The van der Waals surface area contributed by atoms with Crippen molar-refractivity contribution in [3.05, 3.63) is 28.2 Å². The van der Waals surface area contributed by atoms with E-state index in [0.29, 0.717) is 12.5 Å². The van der Waals surface area contributed by atoms with Gasteiger partial charge in [-0.25, -0.2) is 0 Å². The first-order chi connectivity index (χ1) is 8.05. The lowest BCUT2D eigenvalue weighted by Crippen LogP contribution is -2.52.